The molecule has 0 bridgehead atoms. The molecule has 4 heteroatoms. The van der Waals surface area contributed by atoms with Crippen LogP contribution in [0.3, 0.4) is 0 Å². The summed E-state index contributed by atoms with van der Waals surface area (Å²) in [5, 5.41) is 7.60. The molecule has 4 nitrogen and oxygen atoms in total. The molecule has 0 spiro atoms. The molecule has 0 saturated heterocycles. The van der Waals surface area contributed by atoms with E-state index in [2.05, 4.69) is 30.5 Å². The Morgan fingerprint density at radius 1 is 1.64 bits per heavy atom. The van der Waals surface area contributed by atoms with Gasteiger partial charge in [-0.1, -0.05) is 6.92 Å². The predicted octanol–water partition coefficient (Wildman–Crippen LogP) is 1.20. The van der Waals surface area contributed by atoms with E-state index in [0.29, 0.717) is 12.6 Å². The number of methoxy groups -OCH3 is 1. The van der Waals surface area contributed by atoms with Crippen LogP contribution in [-0.4, -0.2) is 30.0 Å². The average Bonchev–Trinajstić information content (AvgIpc) is 2.63. The second-order valence-corrected chi connectivity index (χ2v) is 3.31. The van der Waals surface area contributed by atoms with Crippen LogP contribution in [0.2, 0.25) is 0 Å². The minimum Gasteiger partial charge on any atom is -0.383 e. The van der Waals surface area contributed by atoms with E-state index < -0.39 is 0 Å². The molecule has 0 saturated carbocycles. The Hall–Kier alpha value is -0.870. The second kappa shape index (κ2) is 5.78. The van der Waals surface area contributed by atoms with Gasteiger partial charge in [-0.3, -0.25) is 4.68 Å². The van der Waals surface area contributed by atoms with Gasteiger partial charge in [0.25, 0.3) is 0 Å². The minimum absolute atomic E-state index is 0.372. The van der Waals surface area contributed by atoms with E-state index in [1.54, 1.807) is 7.11 Å². The summed E-state index contributed by atoms with van der Waals surface area (Å²) in [5.41, 5.74) is 1.22. The van der Waals surface area contributed by atoms with Crippen molar-refractivity contribution < 1.29 is 4.74 Å². The molecule has 1 N–H and O–H groups in total. The SMILES string of the molecule is CCNC(C)c1cnn(CCOC)c1. The summed E-state index contributed by atoms with van der Waals surface area (Å²) in [4.78, 5) is 0. The van der Waals surface area contributed by atoms with Crippen LogP contribution in [0.5, 0.6) is 0 Å². The lowest BCUT2D eigenvalue weighted by molar-refractivity contribution is 0.183. The van der Waals surface area contributed by atoms with Crippen molar-refractivity contribution in [1.82, 2.24) is 15.1 Å². The van der Waals surface area contributed by atoms with Gasteiger partial charge in [-0.05, 0) is 13.5 Å². The molecule has 1 aromatic rings. The maximum Gasteiger partial charge on any atom is 0.0658 e. The zero-order chi connectivity index (χ0) is 10.4. The van der Waals surface area contributed by atoms with Crippen LogP contribution in [0.1, 0.15) is 25.5 Å². The fraction of sp³-hybridized carbons (Fsp3) is 0.700. The van der Waals surface area contributed by atoms with Gasteiger partial charge in [-0.25, -0.2) is 0 Å². The van der Waals surface area contributed by atoms with Crippen LogP contribution >= 0.6 is 0 Å². The third-order valence-corrected chi connectivity index (χ3v) is 2.19. The molecule has 1 unspecified atom stereocenters. The topological polar surface area (TPSA) is 39.1 Å². The first-order valence-corrected chi connectivity index (χ1v) is 5.02. The molecule has 0 fully saturated rings. The number of nitrogens with one attached hydrogen (secondary N) is 1. The number of hydrogen-bond donors (Lipinski definition) is 1. The standard InChI is InChI=1S/C10H19N3O/c1-4-11-9(2)10-7-12-13(8-10)5-6-14-3/h7-9,11H,4-6H2,1-3H3. The molecule has 0 amide bonds. The molecule has 0 radical (unpaired) electrons. The summed E-state index contributed by atoms with van der Waals surface area (Å²) in [6, 6.07) is 0.372. The maximum absolute atomic E-state index is 4.99. The monoisotopic (exact) mass is 197 g/mol. The van der Waals surface area contributed by atoms with Gasteiger partial charge in [0.2, 0.25) is 0 Å². The lowest BCUT2D eigenvalue weighted by Gasteiger charge is -2.08. The van der Waals surface area contributed by atoms with Gasteiger partial charge < -0.3 is 10.1 Å². The molecular formula is C10H19N3O. The summed E-state index contributed by atoms with van der Waals surface area (Å²) in [7, 11) is 1.70. The van der Waals surface area contributed by atoms with Gasteiger partial charge in [0, 0.05) is 24.9 Å². The van der Waals surface area contributed by atoms with Gasteiger partial charge >= 0.3 is 0 Å². The van der Waals surface area contributed by atoms with Crippen molar-refractivity contribution in [3.63, 3.8) is 0 Å². The number of ether oxygens (including phenoxy) is 1. The highest BCUT2D eigenvalue weighted by molar-refractivity contribution is 5.08. The summed E-state index contributed by atoms with van der Waals surface area (Å²) in [5.74, 6) is 0. The van der Waals surface area contributed by atoms with Gasteiger partial charge in [0.15, 0.2) is 0 Å². The van der Waals surface area contributed by atoms with Gasteiger partial charge in [0.1, 0.15) is 0 Å². The first-order valence-electron chi connectivity index (χ1n) is 5.02. The average molecular weight is 197 g/mol. The zero-order valence-corrected chi connectivity index (χ0v) is 9.16. The highest BCUT2D eigenvalue weighted by atomic mass is 16.5. The highest BCUT2D eigenvalue weighted by Crippen LogP contribution is 2.09. The Kier molecular flexibility index (Phi) is 4.62. The molecule has 1 aromatic heterocycles. The van der Waals surface area contributed by atoms with Crippen LogP contribution in [0, 0.1) is 0 Å². The molecular weight excluding hydrogens is 178 g/mol. The molecule has 0 aliphatic heterocycles. The summed E-state index contributed by atoms with van der Waals surface area (Å²) < 4.78 is 6.90. The Labute approximate surface area is 85.3 Å². The van der Waals surface area contributed by atoms with Gasteiger partial charge in [-0.2, -0.15) is 5.10 Å². The van der Waals surface area contributed by atoms with E-state index in [1.807, 2.05) is 10.9 Å². The summed E-state index contributed by atoms with van der Waals surface area (Å²) in [6.45, 7) is 6.74. The van der Waals surface area contributed by atoms with E-state index in [4.69, 9.17) is 4.74 Å². The first-order chi connectivity index (χ1) is 6.77. The molecule has 80 valence electrons. The summed E-state index contributed by atoms with van der Waals surface area (Å²) >= 11 is 0. The van der Waals surface area contributed by atoms with Crippen molar-refractivity contribution >= 4 is 0 Å². The number of nitrogens with zero attached hydrogens (tertiary/aromatic N) is 2. The van der Waals surface area contributed by atoms with E-state index >= 15 is 0 Å². The lowest BCUT2D eigenvalue weighted by Crippen LogP contribution is -2.17. The molecule has 0 aliphatic carbocycles. The first kappa shape index (κ1) is 11.2. The molecule has 1 atom stereocenters. The number of aromatic nitrogens is 2. The van der Waals surface area contributed by atoms with E-state index in [1.165, 1.54) is 5.56 Å². The molecule has 0 aliphatic rings. The Morgan fingerprint density at radius 2 is 2.43 bits per heavy atom. The van der Waals surface area contributed by atoms with E-state index in [9.17, 15) is 0 Å². The van der Waals surface area contributed by atoms with Crippen molar-refractivity contribution in [3.05, 3.63) is 18.0 Å². The highest BCUT2D eigenvalue weighted by Gasteiger charge is 2.05. The van der Waals surface area contributed by atoms with Gasteiger partial charge in [-0.15, -0.1) is 0 Å². The van der Waals surface area contributed by atoms with Gasteiger partial charge in [0.05, 0.1) is 19.3 Å². The van der Waals surface area contributed by atoms with Crippen LogP contribution in [-0.2, 0) is 11.3 Å². The fourth-order valence-electron chi connectivity index (χ4n) is 1.33. The van der Waals surface area contributed by atoms with Crippen molar-refractivity contribution in [3.8, 4) is 0 Å². The minimum atomic E-state index is 0.372. The third kappa shape index (κ3) is 3.12. The number of hydrogen-bond acceptors (Lipinski definition) is 3. The smallest absolute Gasteiger partial charge is 0.0658 e. The van der Waals surface area contributed by atoms with Crippen LogP contribution in [0.4, 0.5) is 0 Å². The van der Waals surface area contributed by atoms with Crippen LogP contribution < -0.4 is 5.32 Å². The van der Waals surface area contributed by atoms with Crippen LogP contribution in [0.15, 0.2) is 12.4 Å². The molecule has 14 heavy (non-hydrogen) atoms. The molecule has 0 aromatic carbocycles. The third-order valence-electron chi connectivity index (χ3n) is 2.19. The largest absolute Gasteiger partial charge is 0.383 e. The molecule has 1 heterocycles. The normalized spacial score (nSPS) is 13.1. The second-order valence-electron chi connectivity index (χ2n) is 3.31. The zero-order valence-electron chi connectivity index (χ0n) is 9.16. The van der Waals surface area contributed by atoms with Crippen molar-refractivity contribution in [2.24, 2.45) is 0 Å². The van der Waals surface area contributed by atoms with Crippen molar-refractivity contribution in [1.29, 1.82) is 0 Å². The Morgan fingerprint density at radius 3 is 3.07 bits per heavy atom. The van der Waals surface area contributed by atoms with Crippen LogP contribution in [0.25, 0.3) is 0 Å². The molecule has 1 rings (SSSR count). The Bertz CT molecular complexity index is 260. The summed E-state index contributed by atoms with van der Waals surface area (Å²) in [6.07, 6.45) is 3.97. The number of rotatable bonds is 6. The van der Waals surface area contributed by atoms with E-state index in [0.717, 1.165) is 13.1 Å². The fourth-order valence-corrected chi connectivity index (χ4v) is 1.33. The maximum atomic E-state index is 4.99. The van der Waals surface area contributed by atoms with Crippen molar-refractivity contribution in [2.45, 2.75) is 26.4 Å². The lowest BCUT2D eigenvalue weighted by atomic mass is 10.2. The van der Waals surface area contributed by atoms with E-state index in [-0.39, 0.29) is 0 Å². The predicted molar refractivity (Wildman–Crippen MR) is 56.2 cm³/mol. The van der Waals surface area contributed by atoms with Crippen molar-refractivity contribution in [2.75, 3.05) is 20.3 Å². The Balaban J connectivity index is 2.49. The quantitative estimate of drug-likeness (QED) is 0.744.